The lowest BCUT2D eigenvalue weighted by Crippen LogP contribution is -2.38. The highest BCUT2D eigenvalue weighted by Crippen LogP contribution is 2.49. The van der Waals surface area contributed by atoms with Crippen LogP contribution < -0.4 is 14.2 Å². The van der Waals surface area contributed by atoms with Gasteiger partial charge in [-0.25, -0.2) is 0 Å². The van der Waals surface area contributed by atoms with Crippen LogP contribution in [-0.2, 0) is 14.3 Å². The molecule has 0 spiro atoms. The molecule has 1 aliphatic carbocycles. The number of nitrogens with zero attached hydrogens (tertiary/aromatic N) is 1. The number of thioether (sulfide) groups is 1. The standard InChI is InChI=1S/C30H34BrNO6S/c1-6-39-12-11-38-30(34)27-17(2)32-22-13-19(18-7-9-25(36-4)26(15-18)37-5)14-23(33)29(22)28(27)21-16-20(31)8-10-24(21)35-3/h7-10,15-16,19,27-28H,6,11-14H2,1-5H3/t19-,27?,28-/m0/s1. The van der Waals surface area contributed by atoms with E-state index in [-0.39, 0.29) is 17.7 Å². The van der Waals surface area contributed by atoms with Gasteiger partial charge in [0.05, 0.1) is 21.3 Å². The number of esters is 1. The van der Waals surface area contributed by atoms with Crippen LogP contribution >= 0.6 is 27.7 Å². The molecule has 2 aromatic carbocycles. The highest BCUT2D eigenvalue weighted by molar-refractivity contribution is 9.10. The molecule has 9 heteroatoms. The second-order valence-electron chi connectivity index (χ2n) is 9.46. The van der Waals surface area contributed by atoms with Gasteiger partial charge in [0.2, 0.25) is 0 Å². The molecule has 0 bridgehead atoms. The third-order valence-electron chi connectivity index (χ3n) is 7.22. The van der Waals surface area contributed by atoms with Crippen molar-refractivity contribution in [1.82, 2.24) is 0 Å². The maximum Gasteiger partial charge on any atom is 0.315 e. The number of benzene rings is 2. The normalized spacial score (nSPS) is 20.7. The minimum Gasteiger partial charge on any atom is -0.496 e. The molecule has 0 saturated heterocycles. The Kier molecular flexibility index (Phi) is 9.77. The van der Waals surface area contributed by atoms with E-state index in [0.29, 0.717) is 53.7 Å². The number of allylic oxidation sites excluding steroid dienone is 2. The maximum atomic E-state index is 13.9. The Balaban J connectivity index is 1.77. The largest absolute Gasteiger partial charge is 0.496 e. The number of Topliss-reactive ketones (excluding diaryl/α,β-unsaturated/α-hetero) is 1. The zero-order chi connectivity index (χ0) is 28.1. The van der Waals surface area contributed by atoms with Crippen molar-refractivity contribution in [1.29, 1.82) is 0 Å². The summed E-state index contributed by atoms with van der Waals surface area (Å²) in [6, 6.07) is 11.4. The van der Waals surface area contributed by atoms with Crippen molar-refractivity contribution in [2.75, 3.05) is 39.4 Å². The van der Waals surface area contributed by atoms with Gasteiger partial charge in [-0.2, -0.15) is 11.8 Å². The van der Waals surface area contributed by atoms with Crippen molar-refractivity contribution >= 4 is 45.2 Å². The third kappa shape index (κ3) is 6.19. The highest BCUT2D eigenvalue weighted by Gasteiger charge is 2.46. The molecule has 0 saturated carbocycles. The third-order valence-corrected chi connectivity index (χ3v) is 8.58. The Morgan fingerprint density at radius 3 is 2.44 bits per heavy atom. The first-order chi connectivity index (χ1) is 18.8. The van der Waals surface area contributed by atoms with Gasteiger partial charge in [-0.3, -0.25) is 14.6 Å². The van der Waals surface area contributed by atoms with Crippen molar-refractivity contribution in [3.63, 3.8) is 0 Å². The first kappa shape index (κ1) is 29.2. The van der Waals surface area contributed by atoms with Crippen LogP contribution in [0.25, 0.3) is 0 Å². The zero-order valence-electron chi connectivity index (χ0n) is 22.9. The molecule has 0 fully saturated rings. The van der Waals surface area contributed by atoms with Crippen LogP contribution in [0.3, 0.4) is 0 Å². The van der Waals surface area contributed by atoms with E-state index in [9.17, 15) is 9.59 Å². The topological polar surface area (TPSA) is 83.4 Å². The first-order valence-corrected chi connectivity index (χ1v) is 14.9. The molecule has 7 nitrogen and oxygen atoms in total. The monoisotopic (exact) mass is 615 g/mol. The number of methoxy groups -OCH3 is 3. The summed E-state index contributed by atoms with van der Waals surface area (Å²) in [7, 11) is 4.79. The summed E-state index contributed by atoms with van der Waals surface area (Å²) in [5.74, 6) is 1.77. The molecule has 1 unspecified atom stereocenters. The van der Waals surface area contributed by atoms with Gasteiger partial charge < -0.3 is 18.9 Å². The van der Waals surface area contributed by atoms with E-state index < -0.39 is 11.8 Å². The molecule has 39 heavy (non-hydrogen) atoms. The Morgan fingerprint density at radius 1 is 1.03 bits per heavy atom. The fourth-order valence-electron chi connectivity index (χ4n) is 5.43. The summed E-state index contributed by atoms with van der Waals surface area (Å²) in [6.07, 6.45) is 0.861. The minimum atomic E-state index is -0.722. The molecule has 0 radical (unpaired) electrons. The molecule has 1 heterocycles. The predicted octanol–water partition coefficient (Wildman–Crippen LogP) is 6.35. The summed E-state index contributed by atoms with van der Waals surface area (Å²) in [5.41, 5.74) is 3.65. The van der Waals surface area contributed by atoms with Crippen LogP contribution in [-0.4, -0.2) is 56.9 Å². The van der Waals surface area contributed by atoms with Crippen LogP contribution in [0.15, 0.2) is 57.1 Å². The molecular weight excluding hydrogens is 582 g/mol. The van der Waals surface area contributed by atoms with Crippen molar-refractivity contribution in [2.45, 2.75) is 38.5 Å². The summed E-state index contributed by atoms with van der Waals surface area (Å²) in [5, 5.41) is 0. The lowest BCUT2D eigenvalue weighted by atomic mass is 9.69. The fraction of sp³-hybridized carbons (Fsp3) is 0.433. The average molecular weight is 617 g/mol. The van der Waals surface area contributed by atoms with E-state index in [2.05, 4.69) is 22.9 Å². The number of hydrogen-bond donors (Lipinski definition) is 0. The number of hydrogen-bond acceptors (Lipinski definition) is 8. The van der Waals surface area contributed by atoms with Crippen LogP contribution in [0, 0.1) is 5.92 Å². The summed E-state index contributed by atoms with van der Waals surface area (Å²) < 4.78 is 23.1. The Bertz CT molecular complexity index is 1310. The van der Waals surface area contributed by atoms with Crippen molar-refractivity contribution in [3.05, 3.63) is 63.3 Å². The second kappa shape index (κ2) is 13.0. The molecule has 2 aliphatic rings. The van der Waals surface area contributed by atoms with Gasteiger partial charge in [-0.15, -0.1) is 0 Å². The summed E-state index contributed by atoms with van der Waals surface area (Å²) in [6.45, 7) is 4.22. The van der Waals surface area contributed by atoms with E-state index in [1.807, 2.05) is 43.3 Å². The van der Waals surface area contributed by atoms with Gasteiger partial charge in [0, 0.05) is 45.1 Å². The van der Waals surface area contributed by atoms with E-state index in [0.717, 1.165) is 27.1 Å². The molecule has 0 N–H and O–H groups in total. The molecule has 4 rings (SSSR count). The number of rotatable bonds is 10. The SMILES string of the molecule is CCSCCOC(=O)C1C(C)=NC2=C(C(=O)C[C@@H](c3ccc(OC)c(OC)c3)C2)[C@H]1c1cc(Br)ccc1OC. The van der Waals surface area contributed by atoms with E-state index in [1.165, 1.54) is 0 Å². The van der Waals surface area contributed by atoms with Crippen molar-refractivity contribution in [3.8, 4) is 17.2 Å². The quantitative estimate of drug-likeness (QED) is 0.227. The first-order valence-electron chi connectivity index (χ1n) is 12.9. The lowest BCUT2D eigenvalue weighted by molar-refractivity contribution is -0.145. The molecule has 1 aliphatic heterocycles. The molecule has 2 aromatic rings. The fourth-order valence-corrected chi connectivity index (χ4v) is 6.30. The number of ether oxygens (including phenoxy) is 4. The summed E-state index contributed by atoms with van der Waals surface area (Å²) in [4.78, 5) is 32.3. The number of aliphatic imine (C=N–C) groups is 1. The van der Waals surface area contributed by atoms with Gasteiger partial charge in [0.25, 0.3) is 0 Å². The maximum absolute atomic E-state index is 13.9. The molecule has 208 valence electrons. The van der Waals surface area contributed by atoms with Gasteiger partial charge in [-0.1, -0.05) is 28.9 Å². The van der Waals surface area contributed by atoms with Crippen LogP contribution in [0.5, 0.6) is 17.2 Å². The second-order valence-corrected chi connectivity index (χ2v) is 11.8. The number of carbonyl (C=O) groups excluding carboxylic acids is 2. The molecular formula is C30H34BrNO6S. The van der Waals surface area contributed by atoms with Crippen LogP contribution in [0.1, 0.15) is 49.7 Å². The van der Waals surface area contributed by atoms with Gasteiger partial charge >= 0.3 is 5.97 Å². The molecule has 0 amide bonds. The van der Waals surface area contributed by atoms with Crippen LogP contribution in [0.4, 0.5) is 0 Å². The molecule has 3 atom stereocenters. The molecule has 0 aromatic heterocycles. The Labute approximate surface area is 242 Å². The average Bonchev–Trinajstić information content (AvgIpc) is 2.93. The predicted molar refractivity (Wildman–Crippen MR) is 158 cm³/mol. The number of halogens is 1. The van der Waals surface area contributed by atoms with Crippen molar-refractivity contribution in [2.24, 2.45) is 10.9 Å². The summed E-state index contributed by atoms with van der Waals surface area (Å²) >= 11 is 5.27. The van der Waals surface area contributed by atoms with Gasteiger partial charge in [0.1, 0.15) is 18.3 Å². The van der Waals surface area contributed by atoms with E-state index in [1.54, 1.807) is 33.1 Å². The lowest BCUT2D eigenvalue weighted by Gasteiger charge is -2.37. The highest BCUT2D eigenvalue weighted by atomic mass is 79.9. The van der Waals surface area contributed by atoms with Gasteiger partial charge in [-0.05, 0) is 60.9 Å². The Hall–Kier alpha value is -2.78. The zero-order valence-corrected chi connectivity index (χ0v) is 25.3. The van der Waals surface area contributed by atoms with Crippen molar-refractivity contribution < 1.29 is 28.5 Å². The minimum absolute atomic E-state index is 0.0290. The van der Waals surface area contributed by atoms with E-state index in [4.69, 9.17) is 23.9 Å². The van der Waals surface area contributed by atoms with E-state index >= 15 is 0 Å². The Morgan fingerprint density at radius 2 is 1.74 bits per heavy atom. The number of carbonyl (C=O) groups is 2. The smallest absolute Gasteiger partial charge is 0.315 e. The van der Waals surface area contributed by atoms with Gasteiger partial charge in [0.15, 0.2) is 17.3 Å². The number of ketones is 1. The van der Waals surface area contributed by atoms with Crippen LogP contribution in [0.2, 0.25) is 0 Å².